The summed E-state index contributed by atoms with van der Waals surface area (Å²) in [6, 6.07) is 7.42. The molecule has 0 aromatic heterocycles. The van der Waals surface area contributed by atoms with Crippen LogP contribution >= 0.6 is 0 Å². The molecule has 0 radical (unpaired) electrons. The lowest BCUT2D eigenvalue weighted by molar-refractivity contribution is -0.149. The summed E-state index contributed by atoms with van der Waals surface area (Å²) < 4.78 is 11.2. The van der Waals surface area contributed by atoms with Crippen molar-refractivity contribution >= 4 is 17.7 Å². The second-order valence-electron chi connectivity index (χ2n) is 8.64. The SMILES string of the molecule is COC(=O)C1CCN(C(=O)[C@@H]2[C@@H]3CC[C@@]4(CC(=O)c5ccccc5O4)[C@H]32)CC1. The van der Waals surface area contributed by atoms with Crippen LogP contribution < -0.4 is 4.74 Å². The van der Waals surface area contributed by atoms with Gasteiger partial charge in [-0.1, -0.05) is 12.1 Å². The molecule has 6 nitrogen and oxygen atoms in total. The Morgan fingerprint density at radius 1 is 1.18 bits per heavy atom. The molecule has 2 aliphatic heterocycles. The average molecular weight is 383 g/mol. The van der Waals surface area contributed by atoms with E-state index in [0.717, 1.165) is 12.8 Å². The second kappa shape index (κ2) is 6.33. The zero-order valence-corrected chi connectivity index (χ0v) is 16.1. The predicted octanol–water partition coefficient (Wildman–Crippen LogP) is 2.46. The number of carbonyl (C=O) groups excluding carboxylic acids is 3. The highest BCUT2D eigenvalue weighted by molar-refractivity contribution is 6.00. The number of fused-ring (bicyclic) bond motifs is 3. The third-order valence-electron chi connectivity index (χ3n) is 7.26. The minimum absolute atomic E-state index is 0.0403. The lowest BCUT2D eigenvalue weighted by Gasteiger charge is -2.38. The second-order valence-corrected chi connectivity index (χ2v) is 8.64. The van der Waals surface area contributed by atoms with E-state index in [1.54, 1.807) is 0 Å². The number of hydrogen-bond donors (Lipinski definition) is 0. The number of amides is 1. The Bertz CT molecular complexity index is 843. The van der Waals surface area contributed by atoms with Gasteiger partial charge >= 0.3 is 5.97 Å². The molecule has 2 aliphatic carbocycles. The van der Waals surface area contributed by atoms with Gasteiger partial charge in [-0.3, -0.25) is 14.4 Å². The van der Waals surface area contributed by atoms with E-state index in [-0.39, 0.29) is 35.4 Å². The highest BCUT2D eigenvalue weighted by Gasteiger charge is 2.71. The normalized spacial score (nSPS) is 33.8. The summed E-state index contributed by atoms with van der Waals surface area (Å²) in [5.74, 6) is 1.10. The minimum atomic E-state index is -0.513. The molecule has 6 heteroatoms. The summed E-state index contributed by atoms with van der Waals surface area (Å²) in [6.07, 6.45) is 3.48. The molecule has 0 bridgehead atoms. The van der Waals surface area contributed by atoms with E-state index in [0.29, 0.717) is 49.6 Å². The topological polar surface area (TPSA) is 72.9 Å². The molecule has 0 unspecified atom stereocenters. The van der Waals surface area contributed by atoms with Gasteiger partial charge in [-0.05, 0) is 43.7 Å². The number of hydrogen-bond acceptors (Lipinski definition) is 5. The number of Topliss-reactive ketones (excluding diaryl/α,β-unsaturated/α-hetero) is 1. The zero-order chi connectivity index (χ0) is 19.5. The summed E-state index contributed by atoms with van der Waals surface area (Å²) in [5.41, 5.74) is 0.144. The molecule has 1 aromatic carbocycles. The maximum absolute atomic E-state index is 13.1. The highest BCUT2D eigenvalue weighted by atomic mass is 16.5. The number of esters is 1. The number of para-hydroxylation sites is 1. The number of ketones is 1. The number of piperidine rings is 1. The molecule has 3 fully saturated rings. The summed E-state index contributed by atoms with van der Waals surface area (Å²) >= 11 is 0. The molecule has 1 amide bonds. The molecule has 0 N–H and O–H groups in total. The number of benzene rings is 1. The first kappa shape index (κ1) is 17.7. The van der Waals surface area contributed by atoms with Crippen molar-refractivity contribution < 1.29 is 23.9 Å². The molecule has 28 heavy (non-hydrogen) atoms. The number of rotatable bonds is 2. The van der Waals surface area contributed by atoms with Gasteiger partial charge in [0.05, 0.1) is 25.0 Å². The van der Waals surface area contributed by atoms with Gasteiger partial charge < -0.3 is 14.4 Å². The van der Waals surface area contributed by atoms with Crippen LogP contribution in [0.1, 0.15) is 42.5 Å². The molecule has 148 valence electrons. The number of carbonyl (C=O) groups is 3. The van der Waals surface area contributed by atoms with Crippen LogP contribution in [-0.2, 0) is 14.3 Å². The Morgan fingerprint density at radius 3 is 2.68 bits per heavy atom. The fourth-order valence-corrected chi connectivity index (χ4v) is 5.81. The molecule has 1 saturated heterocycles. The minimum Gasteiger partial charge on any atom is -0.486 e. The van der Waals surface area contributed by atoms with E-state index in [4.69, 9.17) is 9.47 Å². The van der Waals surface area contributed by atoms with Crippen LogP contribution in [0.25, 0.3) is 0 Å². The summed E-state index contributed by atoms with van der Waals surface area (Å²) in [5, 5.41) is 0. The zero-order valence-electron chi connectivity index (χ0n) is 16.1. The monoisotopic (exact) mass is 383 g/mol. The fourth-order valence-electron chi connectivity index (χ4n) is 5.81. The van der Waals surface area contributed by atoms with Crippen LogP contribution in [0.4, 0.5) is 0 Å². The standard InChI is InChI=1S/C22H25NO5/c1-27-21(26)13-7-10-23(11-8-13)20(25)18-15-6-9-22(19(15)18)12-16(24)14-4-2-3-5-17(14)28-22/h2-5,13,15,18-19H,6-12H2,1H3/t15-,18+,19+,22+/m0/s1. The van der Waals surface area contributed by atoms with Crippen LogP contribution in [0.5, 0.6) is 5.75 Å². The smallest absolute Gasteiger partial charge is 0.308 e. The largest absolute Gasteiger partial charge is 0.486 e. The Labute approximate surface area is 164 Å². The van der Waals surface area contributed by atoms with Crippen molar-refractivity contribution in [1.82, 2.24) is 4.90 Å². The number of methoxy groups -OCH3 is 1. The van der Waals surface area contributed by atoms with Gasteiger partial charge in [0.15, 0.2) is 5.78 Å². The summed E-state index contributed by atoms with van der Waals surface area (Å²) in [6.45, 7) is 1.20. The van der Waals surface area contributed by atoms with Crippen molar-refractivity contribution in [2.24, 2.45) is 23.7 Å². The van der Waals surface area contributed by atoms with Crippen LogP contribution in [0.15, 0.2) is 24.3 Å². The van der Waals surface area contributed by atoms with Crippen molar-refractivity contribution in [1.29, 1.82) is 0 Å². The van der Waals surface area contributed by atoms with E-state index < -0.39 is 5.60 Å². The van der Waals surface area contributed by atoms with Crippen molar-refractivity contribution in [2.45, 2.75) is 37.7 Å². The molecule has 4 aliphatic rings. The van der Waals surface area contributed by atoms with Gasteiger partial charge in [0.2, 0.25) is 5.91 Å². The van der Waals surface area contributed by atoms with Crippen LogP contribution in [0.3, 0.4) is 0 Å². The van der Waals surface area contributed by atoms with Crippen molar-refractivity contribution in [3.8, 4) is 5.75 Å². The Hall–Kier alpha value is -2.37. The molecular formula is C22H25NO5. The Morgan fingerprint density at radius 2 is 1.93 bits per heavy atom. The summed E-state index contributed by atoms with van der Waals surface area (Å²) in [4.78, 5) is 39.4. The molecule has 1 spiro atoms. The van der Waals surface area contributed by atoms with Crippen LogP contribution in [0.2, 0.25) is 0 Å². The van der Waals surface area contributed by atoms with E-state index >= 15 is 0 Å². The maximum atomic E-state index is 13.1. The third-order valence-corrected chi connectivity index (χ3v) is 7.26. The number of nitrogens with zero attached hydrogens (tertiary/aromatic N) is 1. The van der Waals surface area contributed by atoms with E-state index in [2.05, 4.69) is 0 Å². The maximum Gasteiger partial charge on any atom is 0.308 e. The van der Waals surface area contributed by atoms with Crippen LogP contribution in [0, 0.1) is 23.7 Å². The van der Waals surface area contributed by atoms with E-state index in [1.807, 2.05) is 29.2 Å². The lowest BCUT2D eigenvalue weighted by atomic mass is 9.84. The van der Waals surface area contributed by atoms with Gasteiger partial charge in [0, 0.05) is 24.9 Å². The molecule has 2 heterocycles. The average Bonchev–Trinajstić information content (AvgIpc) is 3.37. The highest BCUT2D eigenvalue weighted by Crippen LogP contribution is 2.66. The van der Waals surface area contributed by atoms with Gasteiger partial charge in [0.25, 0.3) is 0 Å². The van der Waals surface area contributed by atoms with Gasteiger partial charge in [-0.2, -0.15) is 0 Å². The first-order valence-electron chi connectivity index (χ1n) is 10.2. The molecule has 1 aromatic rings. The predicted molar refractivity (Wildman–Crippen MR) is 99.8 cm³/mol. The van der Waals surface area contributed by atoms with E-state index in [9.17, 15) is 14.4 Å². The molecule has 5 rings (SSSR count). The van der Waals surface area contributed by atoms with Crippen molar-refractivity contribution in [3.63, 3.8) is 0 Å². The molecular weight excluding hydrogens is 358 g/mol. The number of ether oxygens (including phenoxy) is 2. The van der Waals surface area contributed by atoms with Gasteiger partial charge in [0.1, 0.15) is 11.4 Å². The fraction of sp³-hybridized carbons (Fsp3) is 0.591. The first-order chi connectivity index (χ1) is 13.5. The van der Waals surface area contributed by atoms with Crippen LogP contribution in [-0.4, -0.2) is 48.4 Å². The molecule has 2 saturated carbocycles. The Balaban J connectivity index is 1.29. The lowest BCUT2D eigenvalue weighted by Crippen LogP contribution is -2.46. The van der Waals surface area contributed by atoms with Gasteiger partial charge in [-0.25, -0.2) is 0 Å². The van der Waals surface area contributed by atoms with Crippen molar-refractivity contribution in [2.75, 3.05) is 20.2 Å². The summed E-state index contributed by atoms with van der Waals surface area (Å²) in [7, 11) is 1.41. The molecule has 4 atom stereocenters. The van der Waals surface area contributed by atoms with Crippen molar-refractivity contribution in [3.05, 3.63) is 29.8 Å². The van der Waals surface area contributed by atoms with E-state index in [1.165, 1.54) is 7.11 Å². The van der Waals surface area contributed by atoms with Gasteiger partial charge in [-0.15, -0.1) is 0 Å². The number of likely N-dealkylation sites (tertiary alicyclic amines) is 1. The Kier molecular flexibility index (Phi) is 4.00. The quantitative estimate of drug-likeness (QED) is 0.734. The third kappa shape index (κ3) is 2.57. The first-order valence-corrected chi connectivity index (χ1v) is 10.2.